The van der Waals surface area contributed by atoms with Gasteiger partial charge in [-0.3, -0.25) is 4.79 Å². The zero-order valence-electron chi connectivity index (χ0n) is 13.6. The molecule has 5 rings (SSSR count). The number of amides is 1. The molecule has 1 N–H and O–H groups in total. The normalized spacial score (nSPS) is 34.7. The summed E-state index contributed by atoms with van der Waals surface area (Å²) < 4.78 is 0. The zero-order chi connectivity index (χ0) is 15.9. The third-order valence-corrected chi connectivity index (χ3v) is 5.90. The first-order valence-electron chi connectivity index (χ1n) is 8.65. The Labute approximate surface area is 137 Å². The number of hydrogen-bond donors (Lipinski definition) is 1. The fourth-order valence-corrected chi connectivity index (χ4v) is 5.41. The van der Waals surface area contributed by atoms with E-state index in [1.807, 2.05) is 24.3 Å². The first-order chi connectivity index (χ1) is 11.2. The molecule has 0 spiro atoms. The molecule has 4 aliphatic rings. The smallest absolute Gasteiger partial charge is 0.251 e. The van der Waals surface area contributed by atoms with Gasteiger partial charge in [-0.25, -0.2) is 0 Å². The maximum atomic E-state index is 12.7. The molecule has 122 valence electrons. The fraction of sp³-hybridized carbons (Fsp3) is 0.579. The van der Waals surface area contributed by atoms with Gasteiger partial charge in [0.05, 0.1) is 6.21 Å². The highest BCUT2D eigenvalue weighted by Crippen LogP contribution is 2.55. The van der Waals surface area contributed by atoms with Gasteiger partial charge in [-0.05, 0) is 74.0 Å². The van der Waals surface area contributed by atoms with Crippen LogP contribution in [-0.4, -0.2) is 24.8 Å². The highest BCUT2D eigenvalue weighted by Gasteiger charge is 2.51. The van der Waals surface area contributed by atoms with Crippen molar-refractivity contribution in [1.29, 1.82) is 0 Å². The van der Waals surface area contributed by atoms with E-state index in [-0.39, 0.29) is 11.4 Å². The van der Waals surface area contributed by atoms with Crippen molar-refractivity contribution in [3.05, 3.63) is 35.4 Å². The van der Waals surface area contributed by atoms with E-state index in [1.54, 1.807) is 6.21 Å². The highest BCUT2D eigenvalue weighted by atomic mass is 16.6. The van der Waals surface area contributed by atoms with Crippen LogP contribution in [0.1, 0.15) is 54.4 Å². The molecule has 4 fully saturated rings. The van der Waals surface area contributed by atoms with E-state index in [0.29, 0.717) is 0 Å². The van der Waals surface area contributed by atoms with Gasteiger partial charge in [-0.2, -0.15) is 0 Å². The van der Waals surface area contributed by atoms with Crippen molar-refractivity contribution in [1.82, 2.24) is 5.32 Å². The molecule has 4 heteroatoms. The minimum atomic E-state index is 0.0714. The summed E-state index contributed by atoms with van der Waals surface area (Å²) in [5.74, 6) is 2.60. The predicted molar refractivity (Wildman–Crippen MR) is 89.4 cm³/mol. The standard InChI is InChI=1S/C19H24N2O2/c1-23-20-12-13-2-4-17(5-3-13)18(22)21-19-9-14-6-15(10-19)8-16(7-14)11-19/h2-5,12,14-16H,6-11H2,1H3,(H,21,22)/b20-12+. The maximum absolute atomic E-state index is 12.7. The van der Waals surface area contributed by atoms with Gasteiger partial charge in [0.25, 0.3) is 5.91 Å². The monoisotopic (exact) mass is 312 g/mol. The Morgan fingerprint density at radius 3 is 2.22 bits per heavy atom. The molecule has 0 saturated heterocycles. The lowest BCUT2D eigenvalue weighted by molar-refractivity contribution is -0.0167. The number of benzene rings is 1. The average molecular weight is 312 g/mol. The van der Waals surface area contributed by atoms with Crippen LogP contribution in [0.25, 0.3) is 0 Å². The van der Waals surface area contributed by atoms with Crippen molar-refractivity contribution in [3.8, 4) is 0 Å². The minimum absolute atomic E-state index is 0.0714. The van der Waals surface area contributed by atoms with Gasteiger partial charge in [0.15, 0.2) is 0 Å². The summed E-state index contributed by atoms with van der Waals surface area (Å²) >= 11 is 0. The third kappa shape index (κ3) is 2.87. The number of nitrogens with one attached hydrogen (secondary N) is 1. The van der Waals surface area contributed by atoms with Gasteiger partial charge in [-0.15, -0.1) is 0 Å². The van der Waals surface area contributed by atoms with Gasteiger partial charge in [-0.1, -0.05) is 17.3 Å². The number of carbonyl (C=O) groups excluding carboxylic acids is 1. The van der Waals surface area contributed by atoms with E-state index < -0.39 is 0 Å². The van der Waals surface area contributed by atoms with E-state index in [2.05, 4.69) is 15.3 Å². The molecule has 1 aromatic rings. The lowest BCUT2D eigenvalue weighted by atomic mass is 9.53. The summed E-state index contributed by atoms with van der Waals surface area (Å²) in [7, 11) is 1.52. The number of oxime groups is 1. The Morgan fingerprint density at radius 2 is 1.70 bits per heavy atom. The molecule has 4 saturated carbocycles. The van der Waals surface area contributed by atoms with Crippen molar-refractivity contribution >= 4 is 12.1 Å². The van der Waals surface area contributed by atoms with Crippen LogP contribution in [0.15, 0.2) is 29.4 Å². The summed E-state index contributed by atoms with van der Waals surface area (Å²) in [5.41, 5.74) is 1.73. The largest absolute Gasteiger partial charge is 0.399 e. The molecule has 0 radical (unpaired) electrons. The summed E-state index contributed by atoms with van der Waals surface area (Å²) in [6, 6.07) is 7.54. The molecule has 1 amide bonds. The fourth-order valence-electron chi connectivity index (χ4n) is 5.41. The first-order valence-corrected chi connectivity index (χ1v) is 8.65. The van der Waals surface area contributed by atoms with E-state index in [9.17, 15) is 4.79 Å². The number of carbonyl (C=O) groups is 1. The molecule has 0 unspecified atom stereocenters. The van der Waals surface area contributed by atoms with Crippen LogP contribution in [0.3, 0.4) is 0 Å². The van der Waals surface area contributed by atoms with Crippen LogP contribution in [-0.2, 0) is 4.84 Å². The van der Waals surface area contributed by atoms with Crippen molar-refractivity contribution in [2.24, 2.45) is 22.9 Å². The van der Waals surface area contributed by atoms with Gasteiger partial charge in [0.1, 0.15) is 7.11 Å². The van der Waals surface area contributed by atoms with E-state index in [0.717, 1.165) is 28.9 Å². The number of hydrogen-bond acceptors (Lipinski definition) is 3. The summed E-state index contributed by atoms with van der Waals surface area (Å²) in [4.78, 5) is 17.4. The Hall–Kier alpha value is -1.84. The second kappa shape index (κ2) is 5.66. The third-order valence-electron chi connectivity index (χ3n) is 5.90. The van der Waals surface area contributed by atoms with Gasteiger partial charge in [0.2, 0.25) is 0 Å². The van der Waals surface area contributed by atoms with Crippen molar-refractivity contribution < 1.29 is 9.63 Å². The van der Waals surface area contributed by atoms with Gasteiger partial charge < -0.3 is 10.2 Å². The van der Waals surface area contributed by atoms with Crippen LogP contribution < -0.4 is 5.32 Å². The molecule has 4 bridgehead atoms. The molecule has 0 aromatic heterocycles. The molecule has 0 aliphatic heterocycles. The lowest BCUT2D eigenvalue weighted by Crippen LogP contribution is -2.59. The first kappa shape index (κ1) is 14.7. The quantitative estimate of drug-likeness (QED) is 0.684. The van der Waals surface area contributed by atoms with Crippen LogP contribution in [0, 0.1) is 17.8 Å². The van der Waals surface area contributed by atoms with Gasteiger partial charge >= 0.3 is 0 Å². The predicted octanol–water partition coefficient (Wildman–Crippen LogP) is 3.37. The molecular weight excluding hydrogens is 288 g/mol. The van der Waals surface area contributed by atoms with Crippen LogP contribution >= 0.6 is 0 Å². The SMILES string of the molecule is CO/N=C/c1ccc(C(=O)NC23CC4CC(CC(C4)C2)C3)cc1. The van der Waals surface area contributed by atoms with E-state index >= 15 is 0 Å². The second-order valence-corrected chi connectivity index (χ2v) is 7.69. The Kier molecular flexibility index (Phi) is 3.63. The highest BCUT2D eigenvalue weighted by molar-refractivity contribution is 5.95. The molecule has 1 aromatic carbocycles. The van der Waals surface area contributed by atoms with Gasteiger partial charge in [0, 0.05) is 11.1 Å². The molecule has 0 atom stereocenters. The van der Waals surface area contributed by atoms with Crippen molar-refractivity contribution in [3.63, 3.8) is 0 Å². The molecule has 4 nitrogen and oxygen atoms in total. The summed E-state index contributed by atoms with van der Waals surface area (Å²) in [5, 5.41) is 7.14. The second-order valence-electron chi connectivity index (χ2n) is 7.69. The number of nitrogens with zero attached hydrogens (tertiary/aromatic N) is 1. The summed E-state index contributed by atoms with van der Waals surface area (Å²) in [6.07, 6.45) is 9.37. The van der Waals surface area contributed by atoms with Crippen molar-refractivity contribution in [2.45, 2.75) is 44.1 Å². The topological polar surface area (TPSA) is 50.7 Å². The minimum Gasteiger partial charge on any atom is -0.399 e. The Balaban J connectivity index is 1.46. The number of rotatable bonds is 4. The average Bonchev–Trinajstić information content (AvgIpc) is 2.51. The zero-order valence-corrected chi connectivity index (χ0v) is 13.6. The molecule has 0 heterocycles. The maximum Gasteiger partial charge on any atom is 0.251 e. The molecule has 4 aliphatic carbocycles. The summed E-state index contributed by atoms with van der Waals surface area (Å²) in [6.45, 7) is 0. The van der Waals surface area contributed by atoms with Crippen LogP contribution in [0.4, 0.5) is 0 Å². The Bertz CT molecular complexity index is 585. The van der Waals surface area contributed by atoms with E-state index in [1.165, 1.54) is 45.6 Å². The van der Waals surface area contributed by atoms with E-state index in [4.69, 9.17) is 0 Å². The van der Waals surface area contributed by atoms with Crippen LogP contribution in [0.5, 0.6) is 0 Å². The van der Waals surface area contributed by atoms with Crippen LogP contribution in [0.2, 0.25) is 0 Å². The van der Waals surface area contributed by atoms with Crippen molar-refractivity contribution in [2.75, 3.05) is 7.11 Å². The lowest BCUT2D eigenvalue weighted by Gasteiger charge is -2.56. The molecule has 23 heavy (non-hydrogen) atoms. The Morgan fingerprint density at radius 1 is 1.13 bits per heavy atom. The molecular formula is C19H24N2O2.